The van der Waals surface area contributed by atoms with Crippen LogP contribution in [0.15, 0.2) is 21.3 Å². The second kappa shape index (κ2) is 5.59. The molecule has 2 aromatic rings. The van der Waals surface area contributed by atoms with E-state index in [1.54, 1.807) is 0 Å². The van der Waals surface area contributed by atoms with Crippen molar-refractivity contribution >= 4 is 22.9 Å². The molecule has 1 aromatic heterocycles. The van der Waals surface area contributed by atoms with Gasteiger partial charge in [0.1, 0.15) is 11.1 Å². The van der Waals surface area contributed by atoms with Crippen molar-refractivity contribution < 1.29 is 9.21 Å². The minimum absolute atomic E-state index is 0.145. The van der Waals surface area contributed by atoms with Gasteiger partial charge in [-0.3, -0.25) is 4.79 Å². The molecule has 4 nitrogen and oxygen atoms in total. The van der Waals surface area contributed by atoms with E-state index in [1.807, 2.05) is 26.0 Å². The first kappa shape index (κ1) is 14.8. The number of aldehydes is 1. The first-order valence-electron chi connectivity index (χ1n) is 7.79. The molecular weight excluding hydrogens is 278 g/mol. The monoisotopic (exact) mass is 299 g/mol. The van der Waals surface area contributed by atoms with Crippen LogP contribution in [0, 0.1) is 19.8 Å². The summed E-state index contributed by atoms with van der Waals surface area (Å²) in [6.45, 7) is 7.89. The molecule has 3 rings (SSSR count). The molecule has 1 aliphatic heterocycles. The molecule has 4 heteroatoms. The van der Waals surface area contributed by atoms with Crippen LogP contribution in [0.4, 0.5) is 5.69 Å². The first-order valence-corrected chi connectivity index (χ1v) is 7.79. The van der Waals surface area contributed by atoms with E-state index >= 15 is 0 Å². The Morgan fingerprint density at radius 3 is 2.77 bits per heavy atom. The molecule has 0 amide bonds. The molecule has 1 saturated heterocycles. The Morgan fingerprint density at radius 1 is 1.32 bits per heavy atom. The smallest absolute Gasteiger partial charge is 0.349 e. The van der Waals surface area contributed by atoms with Gasteiger partial charge in [-0.1, -0.05) is 13.0 Å². The third-order valence-corrected chi connectivity index (χ3v) is 4.43. The van der Waals surface area contributed by atoms with Gasteiger partial charge < -0.3 is 9.32 Å². The summed E-state index contributed by atoms with van der Waals surface area (Å²) in [4.78, 5) is 25.9. The molecule has 0 radical (unpaired) electrons. The van der Waals surface area contributed by atoms with Gasteiger partial charge in [0.25, 0.3) is 0 Å². The van der Waals surface area contributed by atoms with Gasteiger partial charge in [-0.2, -0.15) is 0 Å². The summed E-state index contributed by atoms with van der Waals surface area (Å²) in [5, 5.41) is 0.869. The largest absolute Gasteiger partial charge is 0.422 e. The highest BCUT2D eigenvalue weighted by Crippen LogP contribution is 2.33. The number of carbonyl (C=O) groups excluding carboxylic acids is 1. The number of fused-ring (bicyclic) bond motifs is 1. The number of hydrogen-bond donors (Lipinski definition) is 0. The van der Waals surface area contributed by atoms with Gasteiger partial charge in [-0.05, 0) is 49.8 Å². The Labute approximate surface area is 129 Å². The van der Waals surface area contributed by atoms with Crippen molar-refractivity contribution in [1.82, 2.24) is 0 Å². The maximum absolute atomic E-state index is 12.2. The maximum Gasteiger partial charge on any atom is 0.349 e. The fourth-order valence-electron chi connectivity index (χ4n) is 3.49. The number of benzene rings is 1. The number of rotatable bonds is 2. The maximum atomic E-state index is 12.2. The van der Waals surface area contributed by atoms with E-state index < -0.39 is 5.63 Å². The van der Waals surface area contributed by atoms with E-state index in [0.29, 0.717) is 17.8 Å². The predicted molar refractivity (Wildman–Crippen MR) is 88.0 cm³/mol. The van der Waals surface area contributed by atoms with E-state index in [0.717, 1.165) is 41.7 Å². The van der Waals surface area contributed by atoms with E-state index in [1.165, 1.54) is 6.42 Å². The Kier molecular flexibility index (Phi) is 3.77. The van der Waals surface area contributed by atoms with Crippen molar-refractivity contribution in [2.75, 3.05) is 18.0 Å². The van der Waals surface area contributed by atoms with Crippen LogP contribution in [0.3, 0.4) is 0 Å². The van der Waals surface area contributed by atoms with Crippen molar-refractivity contribution in [2.45, 2.75) is 33.6 Å². The number of hydrogen-bond acceptors (Lipinski definition) is 4. The summed E-state index contributed by atoms with van der Waals surface area (Å²) in [5.41, 5.74) is 2.97. The summed E-state index contributed by atoms with van der Waals surface area (Å²) < 4.78 is 5.41. The average molecular weight is 299 g/mol. The Hall–Kier alpha value is -2.10. The number of piperidine rings is 1. The van der Waals surface area contributed by atoms with Crippen LogP contribution in [-0.2, 0) is 0 Å². The standard InChI is InChI=1S/C18H21NO3/c1-11-5-4-6-19(9-11)16-14-8-12(2)7-13(3)17(14)22-18(21)15(16)10-20/h7-8,10-11H,4-6,9H2,1-3H3. The molecule has 116 valence electrons. The van der Waals surface area contributed by atoms with Crippen LogP contribution < -0.4 is 10.5 Å². The summed E-state index contributed by atoms with van der Waals surface area (Å²) in [6, 6.07) is 4.00. The van der Waals surface area contributed by atoms with E-state index in [-0.39, 0.29) is 5.56 Å². The van der Waals surface area contributed by atoms with Crippen LogP contribution in [0.2, 0.25) is 0 Å². The highest BCUT2D eigenvalue weighted by Gasteiger charge is 2.24. The normalized spacial score (nSPS) is 18.7. The lowest BCUT2D eigenvalue weighted by atomic mass is 9.97. The summed E-state index contributed by atoms with van der Waals surface area (Å²) in [5.74, 6) is 0.557. The number of aryl methyl sites for hydroxylation is 2. The molecule has 0 saturated carbocycles. The van der Waals surface area contributed by atoms with Crippen molar-refractivity contribution in [3.63, 3.8) is 0 Å². The van der Waals surface area contributed by atoms with Gasteiger partial charge in [0.15, 0.2) is 6.29 Å². The van der Waals surface area contributed by atoms with E-state index in [2.05, 4.69) is 11.8 Å². The molecule has 1 aliphatic rings. The quantitative estimate of drug-likeness (QED) is 0.629. The van der Waals surface area contributed by atoms with Crippen LogP contribution >= 0.6 is 0 Å². The zero-order valence-electron chi connectivity index (χ0n) is 13.3. The van der Waals surface area contributed by atoms with Crippen molar-refractivity contribution in [2.24, 2.45) is 5.92 Å². The Morgan fingerprint density at radius 2 is 2.09 bits per heavy atom. The molecule has 1 unspecified atom stereocenters. The highest BCUT2D eigenvalue weighted by atomic mass is 16.4. The topological polar surface area (TPSA) is 50.5 Å². The average Bonchev–Trinajstić information content (AvgIpc) is 2.47. The van der Waals surface area contributed by atoms with Gasteiger partial charge in [0.05, 0.1) is 5.69 Å². The van der Waals surface area contributed by atoms with Crippen molar-refractivity contribution in [3.05, 3.63) is 39.2 Å². The molecule has 1 aromatic carbocycles. The molecular formula is C18H21NO3. The second-order valence-corrected chi connectivity index (χ2v) is 6.42. The third-order valence-electron chi connectivity index (χ3n) is 4.43. The van der Waals surface area contributed by atoms with Gasteiger partial charge >= 0.3 is 5.63 Å². The molecule has 2 heterocycles. The first-order chi connectivity index (χ1) is 10.5. The summed E-state index contributed by atoms with van der Waals surface area (Å²) in [7, 11) is 0. The lowest BCUT2D eigenvalue weighted by molar-refractivity contribution is 0.112. The zero-order chi connectivity index (χ0) is 15.9. The molecule has 0 bridgehead atoms. The SMILES string of the molecule is Cc1cc(C)c2oc(=O)c(C=O)c(N3CCCC(C)C3)c2c1. The fourth-order valence-corrected chi connectivity index (χ4v) is 3.49. The Bertz CT molecular complexity index is 791. The molecule has 0 spiro atoms. The number of anilines is 1. The molecule has 22 heavy (non-hydrogen) atoms. The van der Waals surface area contributed by atoms with Crippen LogP contribution in [0.25, 0.3) is 11.0 Å². The van der Waals surface area contributed by atoms with Crippen LogP contribution in [-0.4, -0.2) is 19.4 Å². The minimum atomic E-state index is -0.539. The fraction of sp³-hybridized carbons (Fsp3) is 0.444. The summed E-state index contributed by atoms with van der Waals surface area (Å²) >= 11 is 0. The van der Waals surface area contributed by atoms with Gasteiger partial charge in [0.2, 0.25) is 0 Å². The predicted octanol–water partition coefficient (Wildman–Crippen LogP) is 3.46. The van der Waals surface area contributed by atoms with Crippen LogP contribution in [0.5, 0.6) is 0 Å². The molecule has 1 fully saturated rings. The lowest BCUT2D eigenvalue weighted by Crippen LogP contribution is -2.36. The van der Waals surface area contributed by atoms with Crippen molar-refractivity contribution in [3.8, 4) is 0 Å². The van der Waals surface area contributed by atoms with Crippen molar-refractivity contribution in [1.29, 1.82) is 0 Å². The van der Waals surface area contributed by atoms with Gasteiger partial charge in [-0.25, -0.2) is 4.79 Å². The van der Waals surface area contributed by atoms with Gasteiger partial charge in [0, 0.05) is 18.5 Å². The third kappa shape index (κ3) is 2.43. The minimum Gasteiger partial charge on any atom is -0.422 e. The zero-order valence-corrected chi connectivity index (χ0v) is 13.3. The lowest BCUT2D eigenvalue weighted by Gasteiger charge is -2.34. The van der Waals surface area contributed by atoms with E-state index in [9.17, 15) is 9.59 Å². The van der Waals surface area contributed by atoms with Crippen LogP contribution in [0.1, 0.15) is 41.3 Å². The van der Waals surface area contributed by atoms with E-state index in [4.69, 9.17) is 4.42 Å². The van der Waals surface area contributed by atoms with Gasteiger partial charge in [-0.15, -0.1) is 0 Å². The molecule has 1 atom stereocenters. The number of nitrogens with zero attached hydrogens (tertiary/aromatic N) is 1. The Balaban J connectivity index is 2.33. The highest BCUT2D eigenvalue weighted by molar-refractivity contribution is 6.00. The molecule has 0 aliphatic carbocycles. The molecule has 0 N–H and O–H groups in total. The second-order valence-electron chi connectivity index (χ2n) is 6.42. The summed E-state index contributed by atoms with van der Waals surface area (Å²) in [6.07, 6.45) is 2.90. The number of carbonyl (C=O) groups is 1.